The van der Waals surface area contributed by atoms with E-state index in [9.17, 15) is 4.79 Å². The van der Waals surface area contributed by atoms with E-state index in [1.807, 2.05) is 31.3 Å². The fourth-order valence-corrected chi connectivity index (χ4v) is 3.14. The summed E-state index contributed by atoms with van der Waals surface area (Å²) in [7, 11) is 6.04. The van der Waals surface area contributed by atoms with Crippen LogP contribution in [0.4, 0.5) is 0 Å². The van der Waals surface area contributed by atoms with Crippen LogP contribution in [0.1, 0.15) is 12.0 Å². The number of carbonyl (C=O) groups excluding carboxylic acids is 1. The Morgan fingerprint density at radius 3 is 2.88 bits per heavy atom. The number of rotatable bonds is 6. The number of aromatic nitrogens is 4. The summed E-state index contributed by atoms with van der Waals surface area (Å²) >= 11 is 0. The first-order valence-electron chi connectivity index (χ1n) is 8.48. The van der Waals surface area contributed by atoms with Gasteiger partial charge in [0, 0.05) is 38.3 Å². The zero-order valence-corrected chi connectivity index (χ0v) is 15.0. The van der Waals surface area contributed by atoms with Crippen LogP contribution in [-0.2, 0) is 11.3 Å². The summed E-state index contributed by atoms with van der Waals surface area (Å²) in [5, 5.41) is 14.0. The number of benzene rings is 1. The number of nitrogens with one attached hydrogen (secondary N) is 1. The summed E-state index contributed by atoms with van der Waals surface area (Å²) < 4.78 is 0. The normalized spacial score (nSPS) is 18.0. The molecule has 2 heterocycles. The molecule has 1 aromatic carbocycles. The third-order valence-corrected chi connectivity index (χ3v) is 4.71. The Labute approximate surface area is 147 Å². The highest BCUT2D eigenvalue weighted by Crippen LogP contribution is 2.17. The van der Waals surface area contributed by atoms with Gasteiger partial charge in [-0.25, -0.2) is 0 Å². The molecule has 1 aliphatic heterocycles. The van der Waals surface area contributed by atoms with Gasteiger partial charge in [-0.1, -0.05) is 18.2 Å². The summed E-state index contributed by atoms with van der Waals surface area (Å²) in [6, 6.07) is 8.42. The maximum absolute atomic E-state index is 12.5. The van der Waals surface area contributed by atoms with Crippen LogP contribution in [-0.4, -0.2) is 88.1 Å². The lowest BCUT2D eigenvalue weighted by molar-refractivity contribution is -0.131. The number of nitrogens with zero attached hydrogens (tertiary/aromatic N) is 6. The quantitative estimate of drug-likeness (QED) is 0.821. The van der Waals surface area contributed by atoms with E-state index >= 15 is 0 Å². The SMILES string of the molecule is CN(Cc1cccc(-c2nn[nH]n2)c1)C(=O)CN1CC[C@@H](N(C)C)C1. The Kier molecular flexibility index (Phi) is 5.40. The standard InChI is InChI=1S/C17H25N7O/c1-22(2)15-7-8-24(11-15)12-16(25)23(3)10-13-5-4-6-14(9-13)17-18-20-21-19-17/h4-6,9,15H,7-8,10-12H2,1-3H3,(H,18,19,20,21)/t15-/m1/s1. The smallest absolute Gasteiger partial charge is 0.236 e. The monoisotopic (exact) mass is 343 g/mol. The van der Waals surface area contributed by atoms with E-state index in [4.69, 9.17) is 0 Å². The highest BCUT2D eigenvalue weighted by molar-refractivity contribution is 5.78. The van der Waals surface area contributed by atoms with Crippen molar-refractivity contribution in [2.24, 2.45) is 0 Å². The van der Waals surface area contributed by atoms with Gasteiger partial charge in [-0.3, -0.25) is 9.69 Å². The number of amides is 1. The van der Waals surface area contributed by atoms with Crippen molar-refractivity contribution in [1.82, 2.24) is 35.3 Å². The third kappa shape index (κ3) is 4.40. The molecule has 134 valence electrons. The van der Waals surface area contributed by atoms with Crippen LogP contribution in [0, 0.1) is 0 Å². The topological polar surface area (TPSA) is 81.2 Å². The van der Waals surface area contributed by atoms with E-state index in [1.54, 1.807) is 4.90 Å². The largest absolute Gasteiger partial charge is 0.340 e. The predicted molar refractivity (Wildman–Crippen MR) is 94.6 cm³/mol. The second-order valence-corrected chi connectivity index (χ2v) is 6.83. The number of likely N-dealkylation sites (N-methyl/N-ethyl adjacent to an activating group) is 2. The molecule has 25 heavy (non-hydrogen) atoms. The number of aromatic amines is 1. The summed E-state index contributed by atoms with van der Waals surface area (Å²) in [6.07, 6.45) is 1.12. The first-order chi connectivity index (χ1) is 12.0. The molecule has 0 aliphatic carbocycles. The number of tetrazole rings is 1. The average Bonchev–Trinajstić information content (AvgIpc) is 3.27. The lowest BCUT2D eigenvalue weighted by atomic mass is 10.1. The molecule has 2 aromatic rings. The van der Waals surface area contributed by atoms with Gasteiger partial charge < -0.3 is 9.80 Å². The van der Waals surface area contributed by atoms with Crippen molar-refractivity contribution < 1.29 is 4.79 Å². The fourth-order valence-electron chi connectivity index (χ4n) is 3.14. The van der Waals surface area contributed by atoms with E-state index in [0.29, 0.717) is 25.0 Å². The number of H-pyrrole nitrogens is 1. The van der Waals surface area contributed by atoms with Crippen LogP contribution in [0.5, 0.6) is 0 Å². The zero-order chi connectivity index (χ0) is 17.8. The molecule has 3 rings (SSSR count). The van der Waals surface area contributed by atoms with Crippen molar-refractivity contribution in [3.63, 3.8) is 0 Å². The van der Waals surface area contributed by atoms with Gasteiger partial charge in [-0.05, 0) is 37.4 Å². The van der Waals surface area contributed by atoms with Crippen LogP contribution in [0.15, 0.2) is 24.3 Å². The second-order valence-electron chi connectivity index (χ2n) is 6.83. The molecule has 1 atom stereocenters. The average molecular weight is 343 g/mol. The Bertz CT molecular complexity index is 701. The maximum atomic E-state index is 12.5. The van der Waals surface area contributed by atoms with E-state index in [-0.39, 0.29) is 5.91 Å². The molecule has 0 radical (unpaired) electrons. The van der Waals surface area contributed by atoms with Crippen LogP contribution < -0.4 is 0 Å². The van der Waals surface area contributed by atoms with Crippen LogP contribution >= 0.6 is 0 Å². The molecule has 1 fully saturated rings. The summed E-state index contributed by atoms with van der Waals surface area (Å²) in [6.45, 7) is 2.98. The molecule has 0 bridgehead atoms. The lowest BCUT2D eigenvalue weighted by Crippen LogP contribution is -2.38. The lowest BCUT2D eigenvalue weighted by Gasteiger charge is -2.23. The number of hydrogen-bond acceptors (Lipinski definition) is 6. The minimum Gasteiger partial charge on any atom is -0.340 e. The van der Waals surface area contributed by atoms with Crippen molar-refractivity contribution in [2.45, 2.75) is 19.0 Å². The van der Waals surface area contributed by atoms with Gasteiger partial charge in [0.2, 0.25) is 11.7 Å². The van der Waals surface area contributed by atoms with Crippen LogP contribution in [0.25, 0.3) is 11.4 Å². The number of hydrogen-bond donors (Lipinski definition) is 1. The van der Waals surface area contributed by atoms with Gasteiger partial charge in [0.05, 0.1) is 6.54 Å². The van der Waals surface area contributed by atoms with Crippen molar-refractivity contribution >= 4 is 5.91 Å². The molecule has 0 saturated carbocycles. The van der Waals surface area contributed by atoms with Gasteiger partial charge in [0.15, 0.2) is 0 Å². The second kappa shape index (κ2) is 7.71. The minimum atomic E-state index is 0.143. The van der Waals surface area contributed by atoms with E-state index in [0.717, 1.165) is 30.6 Å². The van der Waals surface area contributed by atoms with Gasteiger partial charge in [0.1, 0.15) is 0 Å². The molecule has 8 nitrogen and oxygen atoms in total. The molecule has 1 saturated heterocycles. The molecule has 1 amide bonds. The van der Waals surface area contributed by atoms with E-state index in [2.05, 4.69) is 44.5 Å². The summed E-state index contributed by atoms with van der Waals surface area (Å²) in [5.74, 6) is 0.701. The number of likely N-dealkylation sites (tertiary alicyclic amines) is 1. The van der Waals surface area contributed by atoms with Crippen molar-refractivity contribution in [3.05, 3.63) is 29.8 Å². The Morgan fingerprint density at radius 2 is 2.20 bits per heavy atom. The fraction of sp³-hybridized carbons (Fsp3) is 0.529. The summed E-state index contributed by atoms with van der Waals surface area (Å²) in [4.78, 5) is 18.8. The Balaban J connectivity index is 1.56. The molecule has 0 spiro atoms. The molecule has 1 aromatic heterocycles. The first-order valence-corrected chi connectivity index (χ1v) is 8.48. The summed E-state index contributed by atoms with van der Waals surface area (Å²) in [5.41, 5.74) is 1.94. The first kappa shape index (κ1) is 17.5. The van der Waals surface area contributed by atoms with Crippen LogP contribution in [0.3, 0.4) is 0 Å². The van der Waals surface area contributed by atoms with Gasteiger partial charge in [-0.2, -0.15) is 5.21 Å². The molecule has 1 aliphatic rings. The highest BCUT2D eigenvalue weighted by atomic mass is 16.2. The molecule has 0 unspecified atom stereocenters. The zero-order valence-electron chi connectivity index (χ0n) is 15.0. The molecule has 8 heteroatoms. The number of carbonyl (C=O) groups is 1. The third-order valence-electron chi connectivity index (χ3n) is 4.71. The van der Waals surface area contributed by atoms with E-state index < -0.39 is 0 Å². The Morgan fingerprint density at radius 1 is 1.36 bits per heavy atom. The maximum Gasteiger partial charge on any atom is 0.236 e. The van der Waals surface area contributed by atoms with Gasteiger partial charge in [-0.15, -0.1) is 10.2 Å². The van der Waals surface area contributed by atoms with Crippen molar-refractivity contribution in [3.8, 4) is 11.4 Å². The predicted octanol–water partition coefficient (Wildman–Crippen LogP) is 0.461. The van der Waals surface area contributed by atoms with Gasteiger partial charge in [0.25, 0.3) is 0 Å². The van der Waals surface area contributed by atoms with Crippen LogP contribution in [0.2, 0.25) is 0 Å². The van der Waals surface area contributed by atoms with Crippen molar-refractivity contribution in [2.75, 3.05) is 40.8 Å². The minimum absolute atomic E-state index is 0.143. The van der Waals surface area contributed by atoms with Gasteiger partial charge >= 0.3 is 0 Å². The molecule has 1 N–H and O–H groups in total. The Hall–Kier alpha value is -2.32. The molecular formula is C17H25N7O. The highest BCUT2D eigenvalue weighted by Gasteiger charge is 2.26. The van der Waals surface area contributed by atoms with E-state index in [1.165, 1.54) is 0 Å². The van der Waals surface area contributed by atoms with Crippen molar-refractivity contribution in [1.29, 1.82) is 0 Å². The molecular weight excluding hydrogens is 318 g/mol.